The van der Waals surface area contributed by atoms with Crippen LogP contribution in [0.15, 0.2) is 48.8 Å². The Kier molecular flexibility index (Phi) is 3.69. The molecule has 0 aliphatic rings. The lowest BCUT2D eigenvalue weighted by Gasteiger charge is -2.17. The molecule has 3 aromatic heterocycles. The van der Waals surface area contributed by atoms with Crippen molar-refractivity contribution in [2.75, 3.05) is 11.9 Å². The molecule has 3 rings (SSSR count). The molecule has 0 atom stereocenters. The molecular weight excluding hydrogens is 316 g/mol. The maximum atomic E-state index is 4.71. The summed E-state index contributed by atoms with van der Waals surface area (Å²) in [5.74, 6) is 0.985. The summed E-state index contributed by atoms with van der Waals surface area (Å²) in [5.41, 5.74) is 3.15. The fraction of sp³-hybridized carbons (Fsp3) is 0.200. The number of nitrogens with zero attached hydrogens (tertiary/aromatic N) is 4. The van der Waals surface area contributed by atoms with Gasteiger partial charge >= 0.3 is 0 Å². The molecule has 0 saturated heterocycles. The first-order valence-electron chi connectivity index (χ1n) is 6.42. The highest BCUT2D eigenvalue weighted by molar-refractivity contribution is 9.08. The van der Waals surface area contributed by atoms with Crippen LogP contribution in [0, 0.1) is 0 Å². The number of alkyl halides is 1. The third kappa shape index (κ3) is 2.41. The Morgan fingerprint density at radius 2 is 2.05 bits per heavy atom. The normalized spacial score (nSPS) is 10.9. The summed E-state index contributed by atoms with van der Waals surface area (Å²) in [6, 6.07) is 12.0. The molecule has 20 heavy (non-hydrogen) atoms. The number of hydrogen-bond acceptors (Lipinski definition) is 3. The van der Waals surface area contributed by atoms with Crippen molar-refractivity contribution in [2.24, 2.45) is 0 Å². The van der Waals surface area contributed by atoms with Gasteiger partial charge in [0.05, 0.1) is 17.9 Å². The van der Waals surface area contributed by atoms with Crippen molar-refractivity contribution in [3.8, 4) is 0 Å². The highest BCUT2D eigenvalue weighted by atomic mass is 79.9. The SMILES string of the molecule is CN(Cc1ccccn1)c1nc2ccccn2c1CBr. The maximum Gasteiger partial charge on any atom is 0.152 e. The smallest absolute Gasteiger partial charge is 0.152 e. The fourth-order valence-corrected chi connectivity index (χ4v) is 2.79. The zero-order chi connectivity index (χ0) is 13.9. The van der Waals surface area contributed by atoms with E-state index in [1.807, 2.05) is 55.8 Å². The third-order valence-corrected chi connectivity index (χ3v) is 3.75. The molecule has 0 unspecified atom stereocenters. The molecule has 3 aromatic rings. The first-order chi connectivity index (χ1) is 9.79. The molecule has 0 aromatic carbocycles. The van der Waals surface area contributed by atoms with Crippen molar-refractivity contribution in [1.82, 2.24) is 14.4 Å². The van der Waals surface area contributed by atoms with E-state index in [0.717, 1.165) is 34.7 Å². The number of rotatable bonds is 4. The Labute approximate surface area is 126 Å². The van der Waals surface area contributed by atoms with Crippen LogP contribution in [0.3, 0.4) is 0 Å². The number of hydrogen-bond donors (Lipinski definition) is 0. The van der Waals surface area contributed by atoms with Gasteiger partial charge in [0.15, 0.2) is 5.82 Å². The van der Waals surface area contributed by atoms with Crippen molar-refractivity contribution < 1.29 is 0 Å². The summed E-state index contributed by atoms with van der Waals surface area (Å²) in [6.07, 6.45) is 3.86. The Morgan fingerprint density at radius 1 is 1.20 bits per heavy atom. The van der Waals surface area contributed by atoms with Crippen molar-refractivity contribution in [3.05, 3.63) is 60.2 Å². The van der Waals surface area contributed by atoms with Crippen LogP contribution in [-0.2, 0) is 11.9 Å². The summed E-state index contributed by atoms with van der Waals surface area (Å²) in [6.45, 7) is 0.741. The second-order valence-electron chi connectivity index (χ2n) is 4.62. The summed E-state index contributed by atoms with van der Waals surface area (Å²) in [4.78, 5) is 11.2. The van der Waals surface area contributed by atoms with Gasteiger partial charge in [0, 0.05) is 24.8 Å². The van der Waals surface area contributed by atoms with Crippen molar-refractivity contribution in [1.29, 1.82) is 0 Å². The molecule has 102 valence electrons. The van der Waals surface area contributed by atoms with Gasteiger partial charge < -0.3 is 9.30 Å². The van der Waals surface area contributed by atoms with Crippen LogP contribution in [0.25, 0.3) is 5.65 Å². The van der Waals surface area contributed by atoms with E-state index in [4.69, 9.17) is 4.98 Å². The van der Waals surface area contributed by atoms with E-state index in [9.17, 15) is 0 Å². The van der Waals surface area contributed by atoms with E-state index in [2.05, 4.69) is 30.2 Å². The van der Waals surface area contributed by atoms with Gasteiger partial charge in [-0.3, -0.25) is 4.98 Å². The molecule has 0 N–H and O–H groups in total. The van der Waals surface area contributed by atoms with Crippen LogP contribution in [-0.4, -0.2) is 21.4 Å². The van der Waals surface area contributed by atoms with E-state index < -0.39 is 0 Å². The minimum atomic E-state index is 0.741. The van der Waals surface area contributed by atoms with Crippen molar-refractivity contribution in [3.63, 3.8) is 0 Å². The second kappa shape index (κ2) is 5.63. The highest BCUT2D eigenvalue weighted by Gasteiger charge is 2.14. The number of fused-ring (bicyclic) bond motifs is 1. The minimum absolute atomic E-state index is 0.741. The molecule has 0 radical (unpaired) electrons. The molecule has 5 heteroatoms. The zero-order valence-corrected chi connectivity index (χ0v) is 12.8. The highest BCUT2D eigenvalue weighted by Crippen LogP contribution is 2.24. The summed E-state index contributed by atoms with van der Waals surface area (Å²) in [7, 11) is 2.04. The summed E-state index contributed by atoms with van der Waals surface area (Å²) >= 11 is 3.56. The van der Waals surface area contributed by atoms with E-state index >= 15 is 0 Å². The van der Waals surface area contributed by atoms with E-state index in [0.29, 0.717) is 0 Å². The molecule has 0 amide bonds. The molecule has 0 aliphatic carbocycles. The lowest BCUT2D eigenvalue weighted by Crippen LogP contribution is -2.18. The monoisotopic (exact) mass is 330 g/mol. The summed E-state index contributed by atoms with van der Waals surface area (Å²) < 4.78 is 2.11. The lowest BCUT2D eigenvalue weighted by atomic mass is 10.3. The molecule has 0 saturated carbocycles. The predicted molar refractivity (Wildman–Crippen MR) is 84.2 cm³/mol. The van der Waals surface area contributed by atoms with Gasteiger partial charge in [-0.2, -0.15) is 0 Å². The second-order valence-corrected chi connectivity index (χ2v) is 5.18. The van der Waals surface area contributed by atoms with Crippen LogP contribution in [0.4, 0.5) is 5.82 Å². The van der Waals surface area contributed by atoms with E-state index in [-0.39, 0.29) is 0 Å². The molecule has 4 nitrogen and oxygen atoms in total. The summed E-state index contributed by atoms with van der Waals surface area (Å²) in [5, 5.41) is 0.764. The third-order valence-electron chi connectivity index (χ3n) is 3.22. The largest absolute Gasteiger partial charge is 0.352 e. The predicted octanol–water partition coefficient (Wildman–Crippen LogP) is 3.26. The van der Waals surface area contributed by atoms with Crippen LogP contribution in [0.2, 0.25) is 0 Å². The van der Waals surface area contributed by atoms with E-state index in [1.54, 1.807) is 0 Å². The van der Waals surface area contributed by atoms with E-state index in [1.165, 1.54) is 0 Å². The van der Waals surface area contributed by atoms with Gasteiger partial charge in [0.2, 0.25) is 0 Å². The van der Waals surface area contributed by atoms with Gasteiger partial charge in [-0.15, -0.1) is 0 Å². The fourth-order valence-electron chi connectivity index (χ4n) is 2.27. The number of halogens is 1. The van der Waals surface area contributed by atoms with Crippen LogP contribution < -0.4 is 4.90 Å². The average Bonchev–Trinajstić information content (AvgIpc) is 2.87. The van der Waals surface area contributed by atoms with Gasteiger partial charge in [0.1, 0.15) is 5.65 Å². The van der Waals surface area contributed by atoms with Gasteiger partial charge in [-0.05, 0) is 24.3 Å². The first-order valence-corrected chi connectivity index (χ1v) is 7.54. The number of pyridine rings is 2. The quantitative estimate of drug-likeness (QED) is 0.688. The van der Waals surface area contributed by atoms with Gasteiger partial charge in [-0.1, -0.05) is 28.1 Å². The van der Waals surface area contributed by atoms with Crippen LogP contribution in [0.1, 0.15) is 11.4 Å². The van der Waals surface area contributed by atoms with Crippen molar-refractivity contribution >= 4 is 27.4 Å². The number of imidazole rings is 1. The molecule has 0 fully saturated rings. The van der Waals surface area contributed by atoms with Gasteiger partial charge in [-0.25, -0.2) is 4.98 Å². The molecule has 0 spiro atoms. The first kappa shape index (κ1) is 13.1. The molecular formula is C15H15BrN4. The maximum absolute atomic E-state index is 4.71. The zero-order valence-electron chi connectivity index (χ0n) is 11.2. The Morgan fingerprint density at radius 3 is 2.80 bits per heavy atom. The Balaban J connectivity index is 1.97. The lowest BCUT2D eigenvalue weighted by molar-refractivity contribution is 0.864. The topological polar surface area (TPSA) is 33.4 Å². The molecule has 3 heterocycles. The van der Waals surface area contributed by atoms with Crippen LogP contribution >= 0.6 is 15.9 Å². The average molecular weight is 331 g/mol. The molecule has 0 aliphatic heterocycles. The Bertz CT molecular complexity index is 708. The van der Waals surface area contributed by atoms with Crippen molar-refractivity contribution in [2.45, 2.75) is 11.9 Å². The number of aromatic nitrogens is 3. The molecule has 0 bridgehead atoms. The van der Waals surface area contributed by atoms with Gasteiger partial charge in [0.25, 0.3) is 0 Å². The Hall–Kier alpha value is -1.88. The minimum Gasteiger partial charge on any atom is -0.352 e. The number of anilines is 1. The standard InChI is InChI=1S/C15H15BrN4/c1-19(11-12-6-2-4-8-17-12)15-13(10-16)20-9-5-3-7-14(20)18-15/h2-9H,10-11H2,1H3. The van der Waals surface area contributed by atoms with Crippen LogP contribution in [0.5, 0.6) is 0 Å².